The first-order valence-electron chi connectivity index (χ1n) is 12.3. The molecule has 40 heavy (non-hydrogen) atoms. The number of aliphatic hydroxyl groups excluding tert-OH is 5. The zero-order valence-electron chi connectivity index (χ0n) is 20.9. The highest BCUT2D eigenvalue weighted by Crippen LogP contribution is 2.35. The van der Waals surface area contributed by atoms with Crippen molar-refractivity contribution in [2.45, 2.75) is 62.2 Å². The van der Waals surface area contributed by atoms with Crippen molar-refractivity contribution in [3.63, 3.8) is 0 Å². The van der Waals surface area contributed by atoms with Gasteiger partial charge in [-0.1, -0.05) is 0 Å². The molecule has 9 atom stereocenters. The second-order valence-corrected chi connectivity index (χ2v) is 9.65. The van der Waals surface area contributed by atoms with Crippen LogP contribution in [0, 0.1) is 0 Å². The second kappa shape index (κ2) is 10.8. The molecule has 216 valence electrons. The molecule has 1 aromatic heterocycles. The molecule has 2 aliphatic heterocycles. The van der Waals surface area contributed by atoms with E-state index in [0.717, 1.165) is 12.1 Å². The molecule has 2 saturated heterocycles. The van der Waals surface area contributed by atoms with Gasteiger partial charge in [0.2, 0.25) is 6.29 Å². The van der Waals surface area contributed by atoms with Crippen molar-refractivity contribution in [1.82, 2.24) is 0 Å². The van der Waals surface area contributed by atoms with Crippen molar-refractivity contribution in [2.24, 2.45) is 0 Å². The highest BCUT2D eigenvalue weighted by molar-refractivity contribution is 5.86. The van der Waals surface area contributed by atoms with Crippen LogP contribution in [0.5, 0.6) is 23.0 Å². The number of benzene rings is 2. The van der Waals surface area contributed by atoms with Crippen LogP contribution in [0.4, 0.5) is 0 Å². The molecule has 0 amide bonds. The van der Waals surface area contributed by atoms with E-state index in [-0.39, 0.29) is 40.4 Å². The van der Waals surface area contributed by atoms with Gasteiger partial charge in [-0.05, 0) is 25.1 Å². The van der Waals surface area contributed by atoms with E-state index in [1.807, 2.05) is 0 Å². The maximum Gasteiger partial charge on any atom is 0.229 e. The number of fused-ring (bicyclic) bond motifs is 1. The fourth-order valence-electron chi connectivity index (χ4n) is 4.61. The Morgan fingerprint density at radius 2 is 1.55 bits per heavy atom. The lowest BCUT2D eigenvalue weighted by atomic mass is 9.99. The van der Waals surface area contributed by atoms with Gasteiger partial charge in [-0.2, -0.15) is 0 Å². The Labute approximate surface area is 225 Å². The molecule has 2 aromatic carbocycles. The van der Waals surface area contributed by atoms with Crippen molar-refractivity contribution < 1.29 is 64.2 Å². The molecule has 14 heteroatoms. The smallest absolute Gasteiger partial charge is 0.229 e. The maximum absolute atomic E-state index is 12.7. The van der Waals surface area contributed by atoms with Gasteiger partial charge in [0.15, 0.2) is 23.2 Å². The molecule has 0 unspecified atom stereocenters. The summed E-state index contributed by atoms with van der Waals surface area (Å²) in [5, 5.41) is 80.7. The van der Waals surface area contributed by atoms with Gasteiger partial charge in [0, 0.05) is 23.8 Å². The van der Waals surface area contributed by atoms with E-state index in [2.05, 4.69) is 0 Å². The van der Waals surface area contributed by atoms with Gasteiger partial charge >= 0.3 is 0 Å². The average Bonchev–Trinajstić information content (AvgIpc) is 2.90. The fraction of sp³-hybridized carbons (Fsp3) is 0.423. The molecule has 3 heterocycles. The van der Waals surface area contributed by atoms with Crippen LogP contribution in [-0.2, 0) is 14.2 Å². The van der Waals surface area contributed by atoms with E-state index in [0.29, 0.717) is 0 Å². The third-order valence-electron chi connectivity index (χ3n) is 6.82. The van der Waals surface area contributed by atoms with Gasteiger partial charge < -0.3 is 64.2 Å². The standard InChI is InChI=1S/C26H28O14/c1-9-24(40-25-22(34)20(32)16(31)8-36-25)21(33)23(35)26(37-9)38-11-5-14(29)19-15(30)7-17(39-18(19)6-11)10-2-3-12(27)13(28)4-10/h2-7,9,16,20-29,31-35H,8H2,1H3/t9-,16-,20+,21+,22-,23-,24+,25+,26+/m1/s1. The van der Waals surface area contributed by atoms with Crippen LogP contribution in [0.25, 0.3) is 22.3 Å². The quantitative estimate of drug-likeness (QED) is 0.178. The Kier molecular flexibility index (Phi) is 7.60. The van der Waals surface area contributed by atoms with E-state index in [4.69, 9.17) is 23.4 Å². The molecule has 0 spiro atoms. The number of phenols is 3. The minimum Gasteiger partial charge on any atom is -0.507 e. The molecule has 0 saturated carbocycles. The highest BCUT2D eigenvalue weighted by Gasteiger charge is 2.48. The summed E-state index contributed by atoms with van der Waals surface area (Å²) in [7, 11) is 0. The molecule has 3 aromatic rings. The molecule has 0 radical (unpaired) electrons. The van der Waals surface area contributed by atoms with E-state index in [9.17, 15) is 45.6 Å². The first-order chi connectivity index (χ1) is 18.9. The fourth-order valence-corrected chi connectivity index (χ4v) is 4.61. The Balaban J connectivity index is 1.36. The van der Waals surface area contributed by atoms with Crippen LogP contribution in [-0.4, -0.2) is 103 Å². The first kappa shape index (κ1) is 28.1. The lowest BCUT2D eigenvalue weighted by Crippen LogP contribution is -2.62. The lowest BCUT2D eigenvalue weighted by Gasteiger charge is -2.44. The normalized spacial score (nSPS) is 32.7. The number of hydrogen-bond acceptors (Lipinski definition) is 14. The van der Waals surface area contributed by atoms with Gasteiger partial charge in [0.25, 0.3) is 0 Å². The van der Waals surface area contributed by atoms with Crippen LogP contribution in [0.1, 0.15) is 6.92 Å². The number of aromatic hydroxyl groups is 3. The third kappa shape index (κ3) is 5.18. The third-order valence-corrected chi connectivity index (χ3v) is 6.82. The predicted molar refractivity (Wildman–Crippen MR) is 133 cm³/mol. The van der Waals surface area contributed by atoms with Crippen LogP contribution < -0.4 is 10.2 Å². The molecule has 0 aliphatic carbocycles. The monoisotopic (exact) mass is 564 g/mol. The largest absolute Gasteiger partial charge is 0.507 e. The summed E-state index contributed by atoms with van der Waals surface area (Å²) in [4.78, 5) is 12.7. The molecule has 2 aliphatic rings. The summed E-state index contributed by atoms with van der Waals surface area (Å²) >= 11 is 0. The zero-order chi connectivity index (χ0) is 28.9. The topological polar surface area (TPSA) is 229 Å². The van der Waals surface area contributed by atoms with Gasteiger partial charge in [-0.3, -0.25) is 4.79 Å². The van der Waals surface area contributed by atoms with Crippen LogP contribution >= 0.6 is 0 Å². The van der Waals surface area contributed by atoms with Crippen LogP contribution in [0.3, 0.4) is 0 Å². The van der Waals surface area contributed by atoms with Crippen LogP contribution in [0.2, 0.25) is 0 Å². The van der Waals surface area contributed by atoms with Crippen molar-refractivity contribution >= 4 is 11.0 Å². The number of hydrogen-bond donors (Lipinski definition) is 8. The summed E-state index contributed by atoms with van der Waals surface area (Å²) in [5.41, 5.74) is -0.437. The summed E-state index contributed by atoms with van der Waals surface area (Å²) in [6.07, 6.45) is -12.9. The van der Waals surface area contributed by atoms with Gasteiger partial charge in [-0.25, -0.2) is 0 Å². The SMILES string of the molecule is C[C@H]1O[C@@H](Oc2cc(O)c3c(=O)cc(-c4ccc(O)c(O)c4)oc3c2)[C@H](O)[C@H](O)[C@H]1O[C@@H]1OC[C@@H](O)[C@H](O)[C@H]1O. The Morgan fingerprint density at radius 1 is 0.825 bits per heavy atom. The van der Waals surface area contributed by atoms with Crippen LogP contribution in [0.15, 0.2) is 45.6 Å². The molecule has 8 N–H and O–H groups in total. The number of phenolic OH excluding ortho intramolecular Hbond substituents is 3. The molecular weight excluding hydrogens is 536 g/mol. The van der Waals surface area contributed by atoms with Crippen molar-refractivity contribution in [2.75, 3.05) is 6.61 Å². The number of aliphatic hydroxyl groups is 5. The zero-order valence-corrected chi connectivity index (χ0v) is 20.9. The van der Waals surface area contributed by atoms with Gasteiger partial charge in [0.1, 0.15) is 64.9 Å². The van der Waals surface area contributed by atoms with Crippen molar-refractivity contribution in [3.8, 4) is 34.3 Å². The molecule has 0 bridgehead atoms. The Bertz CT molecular complexity index is 1440. The first-order valence-corrected chi connectivity index (χ1v) is 12.3. The van der Waals surface area contributed by atoms with Crippen molar-refractivity contribution in [3.05, 3.63) is 46.6 Å². The summed E-state index contributed by atoms with van der Waals surface area (Å²) in [6, 6.07) is 7.27. The summed E-state index contributed by atoms with van der Waals surface area (Å²) in [6.45, 7) is 1.17. The van der Waals surface area contributed by atoms with E-state index >= 15 is 0 Å². The molecule has 14 nitrogen and oxygen atoms in total. The number of ether oxygens (including phenoxy) is 4. The Morgan fingerprint density at radius 3 is 2.27 bits per heavy atom. The average molecular weight is 564 g/mol. The van der Waals surface area contributed by atoms with E-state index in [1.54, 1.807) is 0 Å². The van der Waals surface area contributed by atoms with Gasteiger partial charge in [0.05, 0.1) is 12.7 Å². The van der Waals surface area contributed by atoms with Crippen molar-refractivity contribution in [1.29, 1.82) is 0 Å². The molecule has 2 fully saturated rings. The Hall–Kier alpha value is -3.47. The maximum atomic E-state index is 12.7. The van der Waals surface area contributed by atoms with E-state index in [1.165, 1.54) is 31.2 Å². The lowest BCUT2D eigenvalue weighted by molar-refractivity contribution is -0.334. The van der Waals surface area contributed by atoms with E-state index < -0.39 is 72.2 Å². The minimum absolute atomic E-state index is 0.0205. The molecular formula is C26H28O14. The highest BCUT2D eigenvalue weighted by atomic mass is 16.7. The summed E-state index contributed by atoms with van der Waals surface area (Å²) in [5.74, 6) is -1.37. The van der Waals surface area contributed by atoms with Gasteiger partial charge in [-0.15, -0.1) is 0 Å². The number of rotatable bonds is 5. The summed E-state index contributed by atoms with van der Waals surface area (Å²) < 4.78 is 27.8. The second-order valence-electron chi connectivity index (χ2n) is 9.65. The predicted octanol–water partition coefficient (Wildman–Crippen LogP) is -0.754. The molecule has 5 rings (SSSR count). The minimum atomic E-state index is -1.70.